The van der Waals surface area contributed by atoms with Gasteiger partial charge in [0, 0.05) is 12.3 Å². The zero-order chi connectivity index (χ0) is 12.7. The van der Waals surface area contributed by atoms with E-state index in [4.69, 9.17) is 6.42 Å². The van der Waals surface area contributed by atoms with Gasteiger partial charge in [0.1, 0.15) is 11.5 Å². The molecular formula is C12H13NO3S. The first kappa shape index (κ1) is 13.3. The third-order valence-electron chi connectivity index (χ3n) is 1.94. The first-order valence-electron chi connectivity index (χ1n) is 4.96. The van der Waals surface area contributed by atoms with Gasteiger partial charge in [-0.3, -0.25) is 4.79 Å². The van der Waals surface area contributed by atoms with Crippen LogP contribution >= 0.6 is 11.8 Å². The van der Waals surface area contributed by atoms with E-state index in [0.717, 1.165) is 0 Å². The maximum absolute atomic E-state index is 11.6. The summed E-state index contributed by atoms with van der Waals surface area (Å²) in [5, 5.41) is 21.3. The Kier molecular flexibility index (Phi) is 5.24. The van der Waals surface area contributed by atoms with Crippen LogP contribution in [0.25, 0.3) is 0 Å². The van der Waals surface area contributed by atoms with Crippen LogP contribution in [0.2, 0.25) is 0 Å². The number of nitrogens with one attached hydrogen (secondary N) is 1. The van der Waals surface area contributed by atoms with Crippen molar-refractivity contribution >= 4 is 17.7 Å². The highest BCUT2D eigenvalue weighted by Gasteiger charge is 2.10. The molecule has 0 aliphatic carbocycles. The van der Waals surface area contributed by atoms with Gasteiger partial charge in [0.15, 0.2) is 0 Å². The SMILES string of the molecule is C#CCSCCNC(=O)c1cc(O)ccc1O. The molecule has 1 aromatic rings. The van der Waals surface area contributed by atoms with Gasteiger partial charge in [-0.05, 0) is 18.2 Å². The maximum atomic E-state index is 11.6. The number of amides is 1. The van der Waals surface area contributed by atoms with Gasteiger partial charge >= 0.3 is 0 Å². The van der Waals surface area contributed by atoms with Gasteiger partial charge in [0.25, 0.3) is 5.91 Å². The molecule has 0 saturated carbocycles. The van der Waals surface area contributed by atoms with E-state index in [1.807, 2.05) is 0 Å². The number of thioether (sulfide) groups is 1. The summed E-state index contributed by atoms with van der Waals surface area (Å²) >= 11 is 1.54. The van der Waals surface area contributed by atoms with E-state index in [-0.39, 0.29) is 17.1 Å². The maximum Gasteiger partial charge on any atom is 0.255 e. The van der Waals surface area contributed by atoms with Gasteiger partial charge < -0.3 is 15.5 Å². The molecule has 0 bridgehead atoms. The van der Waals surface area contributed by atoms with Crippen LogP contribution in [0.4, 0.5) is 0 Å². The monoisotopic (exact) mass is 251 g/mol. The van der Waals surface area contributed by atoms with Gasteiger partial charge in [-0.15, -0.1) is 18.2 Å². The third kappa shape index (κ3) is 4.29. The van der Waals surface area contributed by atoms with Crippen LogP contribution in [0.1, 0.15) is 10.4 Å². The second-order valence-corrected chi connectivity index (χ2v) is 4.32. The van der Waals surface area contributed by atoms with Gasteiger partial charge in [0.2, 0.25) is 0 Å². The number of phenolic OH excluding ortho intramolecular Hbond substituents is 2. The predicted molar refractivity (Wildman–Crippen MR) is 68.3 cm³/mol. The minimum absolute atomic E-state index is 0.0605. The lowest BCUT2D eigenvalue weighted by atomic mass is 10.2. The Morgan fingerprint density at radius 1 is 1.47 bits per heavy atom. The molecular weight excluding hydrogens is 238 g/mol. The Bertz CT molecular complexity index is 440. The smallest absolute Gasteiger partial charge is 0.255 e. The van der Waals surface area contributed by atoms with E-state index in [9.17, 15) is 15.0 Å². The Morgan fingerprint density at radius 3 is 2.94 bits per heavy atom. The lowest BCUT2D eigenvalue weighted by molar-refractivity contribution is 0.0953. The largest absolute Gasteiger partial charge is 0.508 e. The molecule has 90 valence electrons. The van der Waals surface area contributed by atoms with Crippen molar-refractivity contribution in [2.75, 3.05) is 18.1 Å². The standard InChI is InChI=1S/C12H13NO3S/c1-2-6-17-7-5-13-12(16)10-8-9(14)3-4-11(10)15/h1,3-4,8,14-15H,5-7H2,(H,13,16). The second-order valence-electron chi connectivity index (χ2n) is 3.21. The summed E-state index contributed by atoms with van der Waals surface area (Å²) in [7, 11) is 0. The fourth-order valence-electron chi connectivity index (χ4n) is 1.17. The Hall–Kier alpha value is -1.80. The van der Waals surface area contributed by atoms with E-state index in [2.05, 4.69) is 11.2 Å². The molecule has 1 aromatic carbocycles. The summed E-state index contributed by atoms with van der Waals surface area (Å²) in [5.41, 5.74) is 0.0620. The van der Waals surface area contributed by atoms with Crippen LogP contribution < -0.4 is 5.32 Å². The summed E-state index contributed by atoms with van der Waals surface area (Å²) in [4.78, 5) is 11.6. The number of carbonyl (C=O) groups excluding carboxylic acids is 1. The molecule has 0 aliphatic heterocycles. The molecule has 0 aliphatic rings. The van der Waals surface area contributed by atoms with Crippen molar-refractivity contribution in [1.82, 2.24) is 5.32 Å². The summed E-state index contributed by atoms with van der Waals surface area (Å²) in [6, 6.07) is 3.81. The number of benzene rings is 1. The lowest BCUT2D eigenvalue weighted by Crippen LogP contribution is -2.25. The fourth-order valence-corrected chi connectivity index (χ4v) is 1.68. The van der Waals surface area contributed by atoms with Gasteiger partial charge in [0.05, 0.1) is 11.3 Å². The van der Waals surface area contributed by atoms with Crippen LogP contribution in [-0.2, 0) is 0 Å². The van der Waals surface area contributed by atoms with Crippen molar-refractivity contribution in [3.8, 4) is 23.8 Å². The molecule has 0 saturated heterocycles. The molecule has 0 radical (unpaired) electrons. The number of phenols is 2. The number of carbonyl (C=O) groups is 1. The van der Waals surface area contributed by atoms with Crippen molar-refractivity contribution in [2.24, 2.45) is 0 Å². The first-order chi connectivity index (χ1) is 8.15. The predicted octanol–water partition coefficient (Wildman–Crippen LogP) is 1.19. The highest BCUT2D eigenvalue weighted by molar-refractivity contribution is 7.99. The summed E-state index contributed by atoms with van der Waals surface area (Å²) in [5.74, 6) is 3.16. The highest BCUT2D eigenvalue weighted by atomic mass is 32.2. The summed E-state index contributed by atoms with van der Waals surface area (Å²) < 4.78 is 0. The van der Waals surface area contributed by atoms with Crippen LogP contribution in [0, 0.1) is 12.3 Å². The van der Waals surface area contributed by atoms with Crippen molar-refractivity contribution in [2.45, 2.75) is 0 Å². The molecule has 0 atom stereocenters. The van der Waals surface area contributed by atoms with Gasteiger partial charge in [-0.1, -0.05) is 5.92 Å². The fraction of sp³-hybridized carbons (Fsp3) is 0.250. The molecule has 0 spiro atoms. The number of rotatable bonds is 5. The Balaban J connectivity index is 2.47. The topological polar surface area (TPSA) is 69.6 Å². The van der Waals surface area contributed by atoms with Crippen LogP contribution in [0.3, 0.4) is 0 Å². The number of aromatic hydroxyl groups is 2. The molecule has 0 heterocycles. The van der Waals surface area contributed by atoms with Crippen LogP contribution in [-0.4, -0.2) is 34.2 Å². The van der Waals surface area contributed by atoms with E-state index in [0.29, 0.717) is 18.1 Å². The van der Waals surface area contributed by atoms with Crippen molar-refractivity contribution < 1.29 is 15.0 Å². The lowest BCUT2D eigenvalue weighted by Gasteiger charge is -2.06. The zero-order valence-corrected chi connectivity index (χ0v) is 9.96. The molecule has 0 aromatic heterocycles. The highest BCUT2D eigenvalue weighted by Crippen LogP contribution is 2.21. The third-order valence-corrected chi connectivity index (χ3v) is 2.81. The number of hydrogen-bond acceptors (Lipinski definition) is 4. The van der Waals surface area contributed by atoms with E-state index in [1.165, 1.54) is 30.0 Å². The van der Waals surface area contributed by atoms with E-state index >= 15 is 0 Å². The van der Waals surface area contributed by atoms with E-state index in [1.54, 1.807) is 0 Å². The molecule has 3 N–H and O–H groups in total. The normalized spacial score (nSPS) is 9.59. The van der Waals surface area contributed by atoms with Crippen LogP contribution in [0.5, 0.6) is 11.5 Å². The summed E-state index contributed by atoms with van der Waals surface area (Å²) in [6.45, 7) is 0.459. The van der Waals surface area contributed by atoms with Crippen molar-refractivity contribution in [3.63, 3.8) is 0 Å². The number of hydrogen-bond donors (Lipinski definition) is 3. The average Bonchev–Trinajstić information content (AvgIpc) is 2.32. The van der Waals surface area contributed by atoms with Gasteiger partial charge in [-0.25, -0.2) is 0 Å². The second kappa shape index (κ2) is 6.71. The first-order valence-corrected chi connectivity index (χ1v) is 6.12. The zero-order valence-electron chi connectivity index (χ0n) is 9.14. The molecule has 1 amide bonds. The van der Waals surface area contributed by atoms with E-state index < -0.39 is 5.91 Å². The molecule has 4 nitrogen and oxygen atoms in total. The van der Waals surface area contributed by atoms with Gasteiger partial charge in [-0.2, -0.15) is 0 Å². The van der Waals surface area contributed by atoms with Crippen LogP contribution in [0.15, 0.2) is 18.2 Å². The number of terminal acetylenes is 1. The molecule has 5 heteroatoms. The molecule has 17 heavy (non-hydrogen) atoms. The quantitative estimate of drug-likeness (QED) is 0.418. The average molecular weight is 251 g/mol. The summed E-state index contributed by atoms with van der Waals surface area (Å²) in [6.07, 6.45) is 5.08. The minimum atomic E-state index is -0.417. The van der Waals surface area contributed by atoms with Crippen molar-refractivity contribution in [3.05, 3.63) is 23.8 Å². The Morgan fingerprint density at radius 2 is 2.24 bits per heavy atom. The molecule has 0 unspecified atom stereocenters. The Labute approximate surface area is 104 Å². The minimum Gasteiger partial charge on any atom is -0.508 e. The van der Waals surface area contributed by atoms with Crippen molar-refractivity contribution in [1.29, 1.82) is 0 Å². The molecule has 0 fully saturated rings. The molecule has 1 rings (SSSR count).